The average Bonchev–Trinajstić information content (AvgIpc) is 3.00. The largest absolute Gasteiger partial charge is 0.459 e. The molecule has 1 aromatic heterocycles. The minimum Gasteiger partial charge on any atom is -0.459 e. The monoisotopic (exact) mass is 280 g/mol. The van der Waals surface area contributed by atoms with E-state index in [9.17, 15) is 14.7 Å². The van der Waals surface area contributed by atoms with Gasteiger partial charge < -0.3 is 19.3 Å². The van der Waals surface area contributed by atoms with Crippen LogP contribution in [0.15, 0.2) is 22.8 Å². The maximum absolute atomic E-state index is 12.2. The summed E-state index contributed by atoms with van der Waals surface area (Å²) in [6.07, 6.45) is 3.27. The van der Waals surface area contributed by atoms with Gasteiger partial charge in [0.25, 0.3) is 5.91 Å². The van der Waals surface area contributed by atoms with Crippen molar-refractivity contribution in [2.45, 2.75) is 12.8 Å². The Hall–Kier alpha value is -1.82. The molecule has 2 amide bonds. The van der Waals surface area contributed by atoms with Gasteiger partial charge in [-0.1, -0.05) is 0 Å². The van der Waals surface area contributed by atoms with Crippen molar-refractivity contribution in [3.63, 3.8) is 0 Å². The van der Waals surface area contributed by atoms with Gasteiger partial charge in [0.05, 0.1) is 12.8 Å². The summed E-state index contributed by atoms with van der Waals surface area (Å²) < 4.78 is 5.03. The van der Waals surface area contributed by atoms with Gasteiger partial charge >= 0.3 is 0 Å². The van der Waals surface area contributed by atoms with Crippen LogP contribution < -0.4 is 0 Å². The molecule has 110 valence electrons. The van der Waals surface area contributed by atoms with Crippen LogP contribution >= 0.6 is 0 Å². The van der Waals surface area contributed by atoms with Crippen LogP contribution in [0.3, 0.4) is 0 Å². The van der Waals surface area contributed by atoms with E-state index in [2.05, 4.69) is 0 Å². The predicted molar refractivity (Wildman–Crippen MR) is 72.1 cm³/mol. The molecule has 1 fully saturated rings. The number of carbonyl (C=O) groups excluding carboxylic acids is 2. The summed E-state index contributed by atoms with van der Waals surface area (Å²) in [7, 11) is 1.58. The third-order valence-corrected chi connectivity index (χ3v) is 3.58. The van der Waals surface area contributed by atoms with E-state index in [-0.39, 0.29) is 36.6 Å². The SMILES string of the molecule is CN(CC(=O)N1CCCC(CO)C1)C(=O)c1ccco1. The number of likely N-dealkylation sites (N-methyl/N-ethyl adjacent to an activating group) is 1. The molecule has 1 N–H and O–H groups in total. The van der Waals surface area contributed by atoms with Gasteiger partial charge in [-0.25, -0.2) is 0 Å². The summed E-state index contributed by atoms with van der Waals surface area (Å²) in [6, 6.07) is 3.21. The van der Waals surface area contributed by atoms with Crippen molar-refractivity contribution in [2.75, 3.05) is 33.3 Å². The number of aliphatic hydroxyl groups excluding tert-OH is 1. The molecule has 0 aromatic carbocycles. The van der Waals surface area contributed by atoms with Crippen LogP contribution in [0.25, 0.3) is 0 Å². The lowest BCUT2D eigenvalue weighted by atomic mass is 9.99. The first-order valence-electron chi connectivity index (χ1n) is 6.79. The summed E-state index contributed by atoms with van der Waals surface area (Å²) in [5.74, 6) is -0.0180. The van der Waals surface area contributed by atoms with Gasteiger partial charge in [-0.05, 0) is 30.9 Å². The first kappa shape index (κ1) is 14.6. The lowest BCUT2D eigenvalue weighted by Crippen LogP contribution is -2.46. The van der Waals surface area contributed by atoms with E-state index in [0.717, 1.165) is 12.8 Å². The van der Waals surface area contributed by atoms with Crippen molar-refractivity contribution in [1.29, 1.82) is 0 Å². The molecule has 20 heavy (non-hydrogen) atoms. The maximum Gasteiger partial charge on any atom is 0.289 e. The van der Waals surface area contributed by atoms with Crippen LogP contribution in [0.5, 0.6) is 0 Å². The normalized spacial score (nSPS) is 18.9. The molecule has 2 rings (SSSR count). The molecule has 1 unspecified atom stereocenters. The van der Waals surface area contributed by atoms with Crippen molar-refractivity contribution in [3.05, 3.63) is 24.2 Å². The van der Waals surface area contributed by atoms with E-state index in [1.54, 1.807) is 24.1 Å². The number of nitrogens with zero attached hydrogens (tertiary/aromatic N) is 2. The highest BCUT2D eigenvalue weighted by molar-refractivity contribution is 5.94. The van der Waals surface area contributed by atoms with Crippen LogP contribution in [0.4, 0.5) is 0 Å². The highest BCUT2D eigenvalue weighted by Gasteiger charge is 2.25. The highest BCUT2D eigenvalue weighted by Crippen LogP contribution is 2.16. The van der Waals surface area contributed by atoms with Crippen LogP contribution in [-0.2, 0) is 4.79 Å². The van der Waals surface area contributed by atoms with Gasteiger partial charge in [-0.2, -0.15) is 0 Å². The van der Waals surface area contributed by atoms with Crippen molar-refractivity contribution < 1.29 is 19.1 Å². The lowest BCUT2D eigenvalue weighted by molar-refractivity contribution is -0.133. The zero-order chi connectivity index (χ0) is 14.5. The van der Waals surface area contributed by atoms with Crippen LogP contribution in [-0.4, -0.2) is 60.0 Å². The molecular weight excluding hydrogens is 260 g/mol. The van der Waals surface area contributed by atoms with Gasteiger partial charge in [-0.15, -0.1) is 0 Å². The molecule has 2 heterocycles. The van der Waals surface area contributed by atoms with Crippen LogP contribution in [0.2, 0.25) is 0 Å². The number of carbonyl (C=O) groups is 2. The summed E-state index contributed by atoms with van der Waals surface area (Å²) in [4.78, 5) is 27.2. The Bertz CT molecular complexity index is 458. The summed E-state index contributed by atoms with van der Waals surface area (Å²) in [5, 5.41) is 9.17. The molecule has 1 aromatic rings. The molecule has 0 saturated carbocycles. The fourth-order valence-corrected chi connectivity index (χ4v) is 2.40. The number of likely N-dealkylation sites (tertiary alicyclic amines) is 1. The maximum atomic E-state index is 12.2. The second-order valence-electron chi connectivity index (χ2n) is 5.17. The predicted octanol–water partition coefficient (Wildman–Crippen LogP) is 0.582. The molecule has 6 nitrogen and oxygen atoms in total. The number of aliphatic hydroxyl groups is 1. The smallest absolute Gasteiger partial charge is 0.289 e. The topological polar surface area (TPSA) is 74.0 Å². The van der Waals surface area contributed by atoms with E-state index >= 15 is 0 Å². The van der Waals surface area contributed by atoms with Gasteiger partial charge in [0.2, 0.25) is 5.91 Å². The van der Waals surface area contributed by atoms with E-state index in [4.69, 9.17) is 4.42 Å². The van der Waals surface area contributed by atoms with Crippen molar-refractivity contribution in [2.24, 2.45) is 5.92 Å². The third kappa shape index (κ3) is 3.39. The van der Waals surface area contributed by atoms with Crippen molar-refractivity contribution in [3.8, 4) is 0 Å². The third-order valence-electron chi connectivity index (χ3n) is 3.58. The highest BCUT2D eigenvalue weighted by atomic mass is 16.3. The second-order valence-corrected chi connectivity index (χ2v) is 5.17. The number of amides is 2. The Labute approximate surface area is 118 Å². The van der Waals surface area contributed by atoms with Gasteiger partial charge in [0.15, 0.2) is 5.76 Å². The Balaban J connectivity index is 1.89. The zero-order valence-electron chi connectivity index (χ0n) is 11.6. The standard InChI is InChI=1S/C14H20N2O4/c1-15(14(19)12-5-3-7-20-12)9-13(18)16-6-2-4-11(8-16)10-17/h3,5,7,11,17H,2,4,6,8-10H2,1H3. The molecule has 1 aliphatic rings. The lowest BCUT2D eigenvalue weighted by Gasteiger charge is -2.32. The minimum absolute atomic E-state index is 0.0255. The molecule has 0 bridgehead atoms. The van der Waals surface area contributed by atoms with E-state index < -0.39 is 0 Å². The zero-order valence-corrected chi connectivity index (χ0v) is 11.6. The quantitative estimate of drug-likeness (QED) is 0.875. The summed E-state index contributed by atoms with van der Waals surface area (Å²) in [5.41, 5.74) is 0. The van der Waals surface area contributed by atoms with Gasteiger partial charge in [-0.3, -0.25) is 9.59 Å². The second kappa shape index (κ2) is 6.56. The number of furan rings is 1. The Morgan fingerprint density at radius 3 is 3.00 bits per heavy atom. The van der Waals surface area contributed by atoms with Crippen molar-refractivity contribution in [1.82, 2.24) is 9.80 Å². The number of hydrogen-bond acceptors (Lipinski definition) is 4. The number of hydrogen-bond donors (Lipinski definition) is 1. The Morgan fingerprint density at radius 2 is 2.35 bits per heavy atom. The van der Waals surface area contributed by atoms with E-state index in [1.165, 1.54) is 11.2 Å². The van der Waals surface area contributed by atoms with Crippen molar-refractivity contribution >= 4 is 11.8 Å². The molecular formula is C14H20N2O4. The molecule has 1 atom stereocenters. The van der Waals surface area contributed by atoms with E-state index in [1.807, 2.05) is 0 Å². The molecule has 0 radical (unpaired) electrons. The van der Waals surface area contributed by atoms with E-state index in [0.29, 0.717) is 13.1 Å². The fourth-order valence-electron chi connectivity index (χ4n) is 2.40. The molecule has 6 heteroatoms. The number of rotatable bonds is 4. The number of piperidine rings is 1. The molecule has 1 aliphatic heterocycles. The van der Waals surface area contributed by atoms with Crippen LogP contribution in [0.1, 0.15) is 23.4 Å². The molecule has 0 spiro atoms. The summed E-state index contributed by atoms with van der Waals surface area (Å²) >= 11 is 0. The Morgan fingerprint density at radius 1 is 1.55 bits per heavy atom. The first-order valence-corrected chi connectivity index (χ1v) is 6.79. The first-order chi connectivity index (χ1) is 9.61. The van der Waals surface area contributed by atoms with Gasteiger partial charge in [0, 0.05) is 26.7 Å². The minimum atomic E-state index is -0.306. The van der Waals surface area contributed by atoms with Gasteiger partial charge in [0.1, 0.15) is 0 Å². The fraction of sp³-hybridized carbons (Fsp3) is 0.571. The average molecular weight is 280 g/mol. The Kier molecular flexibility index (Phi) is 4.79. The summed E-state index contributed by atoms with van der Waals surface area (Å²) in [6.45, 7) is 1.39. The van der Waals surface area contributed by atoms with Crippen LogP contribution in [0, 0.1) is 5.92 Å². The molecule has 1 saturated heterocycles. The molecule has 0 aliphatic carbocycles.